The molecule has 3 N–H and O–H groups in total. The van der Waals surface area contributed by atoms with Gasteiger partial charge in [0.25, 0.3) is 5.91 Å². The van der Waals surface area contributed by atoms with Crippen LogP contribution < -0.4 is 16.2 Å². The predicted octanol–water partition coefficient (Wildman–Crippen LogP) is 3.99. The first kappa shape index (κ1) is 18.2. The molecule has 0 fully saturated rings. The summed E-state index contributed by atoms with van der Waals surface area (Å²) in [6, 6.07) is 14.2. The molecule has 0 aliphatic carbocycles. The fourth-order valence-corrected chi connectivity index (χ4v) is 2.49. The van der Waals surface area contributed by atoms with Crippen LogP contribution in [-0.4, -0.2) is 11.8 Å². The zero-order valence-electron chi connectivity index (χ0n) is 12.6. The molecule has 2 aromatic carbocycles. The van der Waals surface area contributed by atoms with E-state index in [-0.39, 0.29) is 18.2 Å². The number of carbonyl (C=O) groups is 2. The monoisotopic (exact) mass is 451 g/mol. The van der Waals surface area contributed by atoms with E-state index >= 15 is 0 Å². The molecule has 0 bridgehead atoms. The Morgan fingerprint density at radius 2 is 1.67 bits per heavy atom. The molecule has 0 aromatic heterocycles. The molecule has 0 heterocycles. The molecule has 0 aliphatic rings. The van der Waals surface area contributed by atoms with Gasteiger partial charge < -0.3 is 10.7 Å². The van der Waals surface area contributed by atoms with Gasteiger partial charge in [0, 0.05) is 25.9 Å². The van der Waals surface area contributed by atoms with Gasteiger partial charge in [-0.3, -0.25) is 15.0 Å². The van der Waals surface area contributed by atoms with Crippen LogP contribution in [0, 0.1) is 0 Å². The number of hydrazine groups is 1. The Morgan fingerprint density at radius 3 is 2.33 bits per heavy atom. The maximum atomic E-state index is 12.0. The number of benzene rings is 2. The van der Waals surface area contributed by atoms with Crippen molar-refractivity contribution in [2.45, 2.75) is 6.42 Å². The zero-order chi connectivity index (χ0) is 17.5. The van der Waals surface area contributed by atoms with Crippen LogP contribution in [0.3, 0.4) is 0 Å². The maximum absolute atomic E-state index is 12.0. The van der Waals surface area contributed by atoms with Crippen molar-refractivity contribution in [3.8, 4) is 0 Å². The summed E-state index contributed by atoms with van der Waals surface area (Å²) in [6.45, 7) is 3.73. The molecule has 0 radical (unpaired) electrons. The largest absolute Gasteiger partial charge is 0.326 e. The smallest absolute Gasteiger partial charge is 0.269 e. The number of anilines is 1. The van der Waals surface area contributed by atoms with Crippen molar-refractivity contribution in [2.24, 2.45) is 0 Å². The van der Waals surface area contributed by atoms with Gasteiger partial charge in [0.15, 0.2) is 0 Å². The van der Waals surface area contributed by atoms with E-state index in [2.05, 4.69) is 54.6 Å². The van der Waals surface area contributed by atoms with Gasteiger partial charge in [0.2, 0.25) is 5.91 Å². The Morgan fingerprint density at radius 1 is 0.958 bits per heavy atom. The minimum absolute atomic E-state index is 0.0365. The topological polar surface area (TPSA) is 70.2 Å². The highest BCUT2D eigenvalue weighted by Crippen LogP contribution is 2.14. The second-order valence-corrected chi connectivity index (χ2v) is 6.76. The first-order valence-corrected chi connectivity index (χ1v) is 8.58. The van der Waals surface area contributed by atoms with E-state index < -0.39 is 0 Å². The summed E-state index contributed by atoms with van der Waals surface area (Å²) in [4.78, 5) is 23.9. The lowest BCUT2D eigenvalue weighted by Crippen LogP contribution is -2.37. The number of hydrogen-bond donors (Lipinski definition) is 3. The third-order valence-electron chi connectivity index (χ3n) is 2.94. The summed E-state index contributed by atoms with van der Waals surface area (Å²) >= 11 is 6.64. The number of hydrogen-bond acceptors (Lipinski definition) is 3. The molecule has 0 atom stereocenters. The van der Waals surface area contributed by atoms with Crippen molar-refractivity contribution in [2.75, 3.05) is 5.32 Å². The first-order chi connectivity index (χ1) is 11.4. The van der Waals surface area contributed by atoms with Crippen LogP contribution in [0.5, 0.6) is 0 Å². The number of halogens is 2. The number of carbonyl (C=O) groups excluding carboxylic acids is 2. The van der Waals surface area contributed by atoms with Gasteiger partial charge in [-0.2, -0.15) is 0 Å². The van der Waals surface area contributed by atoms with E-state index in [1.165, 1.54) is 0 Å². The summed E-state index contributed by atoms with van der Waals surface area (Å²) in [5, 5.41) is 2.75. The van der Waals surface area contributed by atoms with Crippen LogP contribution >= 0.6 is 31.9 Å². The van der Waals surface area contributed by atoms with E-state index in [0.29, 0.717) is 16.9 Å². The highest BCUT2D eigenvalue weighted by Gasteiger charge is 2.08. The van der Waals surface area contributed by atoms with Crippen LogP contribution in [0.15, 0.2) is 69.8 Å². The van der Waals surface area contributed by atoms with Gasteiger partial charge in [-0.25, -0.2) is 0 Å². The minimum atomic E-state index is -0.314. The number of nitrogens with one attached hydrogen (secondary N) is 3. The predicted molar refractivity (Wildman–Crippen MR) is 101 cm³/mol. The van der Waals surface area contributed by atoms with Crippen LogP contribution in [0.4, 0.5) is 5.69 Å². The van der Waals surface area contributed by atoms with E-state index in [9.17, 15) is 9.59 Å². The van der Waals surface area contributed by atoms with Gasteiger partial charge in [-0.15, -0.1) is 0 Å². The Balaban J connectivity index is 1.79. The van der Waals surface area contributed by atoms with Crippen LogP contribution in [-0.2, 0) is 4.79 Å². The fourth-order valence-electron chi connectivity index (χ4n) is 1.82. The van der Waals surface area contributed by atoms with Gasteiger partial charge in [-0.1, -0.05) is 44.5 Å². The number of amides is 2. The summed E-state index contributed by atoms with van der Waals surface area (Å²) in [5.74, 6) is -0.544. The third-order valence-corrected chi connectivity index (χ3v) is 3.96. The molecule has 24 heavy (non-hydrogen) atoms. The van der Waals surface area contributed by atoms with E-state index in [1.54, 1.807) is 30.3 Å². The van der Waals surface area contributed by atoms with Gasteiger partial charge in [0.05, 0.1) is 6.42 Å². The molecule has 0 unspecified atom stereocenters. The molecule has 0 saturated heterocycles. The number of rotatable bonds is 6. The lowest BCUT2D eigenvalue weighted by atomic mass is 10.2. The van der Waals surface area contributed by atoms with Gasteiger partial charge in [-0.05, 0) is 42.5 Å². The van der Waals surface area contributed by atoms with E-state index in [1.807, 2.05) is 18.2 Å². The van der Waals surface area contributed by atoms with Gasteiger partial charge in [0.1, 0.15) is 0 Å². The molecule has 0 aliphatic heterocycles. The first-order valence-electron chi connectivity index (χ1n) is 6.99. The summed E-state index contributed by atoms with van der Waals surface area (Å²) in [6.07, 6.45) is 0.0365. The minimum Gasteiger partial charge on any atom is -0.326 e. The van der Waals surface area contributed by atoms with Crippen molar-refractivity contribution < 1.29 is 9.59 Å². The van der Waals surface area contributed by atoms with Crippen molar-refractivity contribution in [3.05, 3.63) is 75.3 Å². The molecule has 2 amide bonds. The third kappa shape index (κ3) is 5.82. The Bertz CT molecular complexity index is 761. The quantitative estimate of drug-likeness (QED) is 0.580. The molecular formula is C17H15Br2N3O2. The van der Waals surface area contributed by atoms with Gasteiger partial charge >= 0.3 is 0 Å². The summed E-state index contributed by atoms with van der Waals surface area (Å²) in [5.41, 5.74) is 6.72. The van der Waals surface area contributed by atoms with Crippen molar-refractivity contribution in [1.29, 1.82) is 0 Å². The van der Waals surface area contributed by atoms with E-state index in [0.717, 1.165) is 8.95 Å². The fraction of sp³-hybridized carbons (Fsp3) is 0.0588. The Kier molecular flexibility index (Phi) is 6.57. The van der Waals surface area contributed by atoms with Crippen molar-refractivity contribution in [1.82, 2.24) is 10.9 Å². The van der Waals surface area contributed by atoms with Crippen LogP contribution in [0.2, 0.25) is 0 Å². The molecule has 5 nitrogen and oxygen atoms in total. The van der Waals surface area contributed by atoms with Crippen molar-refractivity contribution >= 4 is 49.4 Å². The van der Waals surface area contributed by atoms with Crippen LogP contribution in [0.25, 0.3) is 0 Å². The Hall–Kier alpha value is -2.12. The zero-order valence-corrected chi connectivity index (χ0v) is 15.8. The summed E-state index contributed by atoms with van der Waals surface area (Å²) < 4.78 is 1.74. The second kappa shape index (κ2) is 8.65. The molecular weight excluding hydrogens is 438 g/mol. The van der Waals surface area contributed by atoms with Crippen LogP contribution in [0.1, 0.15) is 16.8 Å². The lowest BCUT2D eigenvalue weighted by Gasteiger charge is -2.11. The molecule has 0 saturated carbocycles. The molecule has 7 heteroatoms. The molecule has 2 aromatic rings. The molecule has 0 spiro atoms. The maximum Gasteiger partial charge on any atom is 0.269 e. The second-order valence-electron chi connectivity index (χ2n) is 4.92. The normalized spacial score (nSPS) is 9.92. The molecule has 2 rings (SSSR count). The van der Waals surface area contributed by atoms with Crippen molar-refractivity contribution in [3.63, 3.8) is 0 Å². The molecule has 124 valence electrons. The lowest BCUT2D eigenvalue weighted by molar-refractivity contribution is -0.115. The standard InChI is InChI=1S/C17H15Br2N3O2/c1-11(9-16(23)20-15-7-5-13(18)6-8-15)21-22-17(24)12-3-2-4-14(19)10-12/h2-8,10,21H,1,9H2,(H,20,23)(H,22,24). The average Bonchev–Trinajstić information content (AvgIpc) is 2.54. The SMILES string of the molecule is C=C(CC(=O)Nc1ccc(Br)cc1)NNC(=O)c1cccc(Br)c1. The van der Waals surface area contributed by atoms with E-state index in [4.69, 9.17) is 0 Å². The highest BCUT2D eigenvalue weighted by atomic mass is 79.9. The Labute approximate surface area is 156 Å². The summed E-state index contributed by atoms with van der Waals surface area (Å²) in [7, 11) is 0. The highest BCUT2D eigenvalue weighted by molar-refractivity contribution is 9.10. The average molecular weight is 453 g/mol.